The highest BCUT2D eigenvalue weighted by atomic mass is 32.1. The van der Waals surface area contributed by atoms with Crippen molar-refractivity contribution in [1.82, 2.24) is 0 Å². The van der Waals surface area contributed by atoms with Crippen LogP contribution in [0, 0.1) is 26.7 Å². The molecule has 0 N–H and O–H groups in total. The summed E-state index contributed by atoms with van der Waals surface area (Å²) in [5.74, 6) is -1.08. The van der Waals surface area contributed by atoms with Gasteiger partial charge in [-0.3, -0.25) is 14.4 Å². The number of hydrogen-bond donors (Lipinski definition) is 0. The molecule has 3 atom stereocenters. The summed E-state index contributed by atoms with van der Waals surface area (Å²) in [7, 11) is 0. The summed E-state index contributed by atoms with van der Waals surface area (Å²) >= 11 is 1.57. The van der Waals surface area contributed by atoms with Crippen LogP contribution in [0.5, 0.6) is 0 Å². The van der Waals surface area contributed by atoms with Gasteiger partial charge in [-0.25, -0.2) is 9.96 Å². The van der Waals surface area contributed by atoms with Gasteiger partial charge in [-0.2, -0.15) is 0 Å². The van der Waals surface area contributed by atoms with Crippen molar-refractivity contribution in [3.63, 3.8) is 0 Å². The number of fused-ring (bicyclic) bond motifs is 1. The van der Waals surface area contributed by atoms with Crippen molar-refractivity contribution in [3.05, 3.63) is 81.5 Å². The maximum absolute atomic E-state index is 13.7. The maximum Gasteiger partial charge on any atom is 0.266 e. The van der Waals surface area contributed by atoms with Crippen LogP contribution in [-0.4, -0.2) is 17.9 Å². The van der Waals surface area contributed by atoms with Crippen LogP contribution in [0.4, 0.5) is 11.4 Å². The third-order valence-corrected chi connectivity index (χ3v) is 6.76. The van der Waals surface area contributed by atoms with E-state index in [-0.39, 0.29) is 17.9 Å². The highest BCUT2D eigenvalue weighted by Gasteiger charge is 2.60. The summed E-state index contributed by atoms with van der Waals surface area (Å²) in [6.07, 6.45) is -0.829. The summed E-state index contributed by atoms with van der Waals surface area (Å²) in [5.41, 5.74) is 4.46. The van der Waals surface area contributed by atoms with Crippen LogP contribution in [0.25, 0.3) is 0 Å². The Hall–Kier alpha value is -2.96. The number of aryl methyl sites for hydroxylation is 3. The largest absolute Gasteiger partial charge is 0.273 e. The lowest BCUT2D eigenvalue weighted by Gasteiger charge is -2.28. The monoisotopic (exact) mass is 418 g/mol. The minimum absolute atomic E-state index is 0.197. The number of para-hydroxylation sites is 1. The molecule has 1 aromatic heterocycles. The Labute approximate surface area is 179 Å². The molecule has 0 aliphatic carbocycles. The number of hydrogen-bond acceptors (Lipinski definition) is 5. The quantitative estimate of drug-likeness (QED) is 0.578. The van der Waals surface area contributed by atoms with Gasteiger partial charge in [0.1, 0.15) is 12.0 Å². The van der Waals surface area contributed by atoms with Crippen LogP contribution >= 0.6 is 11.3 Å². The molecule has 0 bridgehead atoms. The third-order valence-electron chi connectivity index (χ3n) is 5.82. The molecule has 152 valence electrons. The number of rotatable bonds is 3. The number of anilines is 2. The van der Waals surface area contributed by atoms with Crippen LogP contribution < -0.4 is 9.96 Å². The zero-order valence-electron chi connectivity index (χ0n) is 17.0. The van der Waals surface area contributed by atoms with Crippen LogP contribution in [-0.2, 0) is 14.4 Å². The Balaban J connectivity index is 1.60. The van der Waals surface area contributed by atoms with E-state index in [1.807, 2.05) is 80.7 Å². The average Bonchev–Trinajstić information content (AvgIpc) is 3.42. The van der Waals surface area contributed by atoms with E-state index in [2.05, 4.69) is 0 Å². The van der Waals surface area contributed by atoms with E-state index < -0.39 is 12.0 Å². The smallest absolute Gasteiger partial charge is 0.266 e. The van der Waals surface area contributed by atoms with Gasteiger partial charge >= 0.3 is 0 Å². The molecule has 2 fully saturated rings. The number of amides is 2. The minimum Gasteiger partial charge on any atom is -0.273 e. The molecule has 6 heteroatoms. The zero-order chi connectivity index (χ0) is 21.0. The average molecular weight is 419 g/mol. The minimum atomic E-state index is -0.829. The number of carbonyl (C=O) groups is 2. The molecule has 0 saturated carbocycles. The fraction of sp³-hybridized carbons (Fsp3) is 0.250. The molecule has 5 nitrogen and oxygen atoms in total. The molecule has 5 rings (SSSR count). The first kappa shape index (κ1) is 19.0. The highest BCUT2D eigenvalue weighted by molar-refractivity contribution is 7.10. The zero-order valence-corrected chi connectivity index (χ0v) is 17.8. The molecular formula is C24H22N2O3S. The van der Waals surface area contributed by atoms with Gasteiger partial charge in [0, 0.05) is 4.88 Å². The lowest BCUT2D eigenvalue weighted by molar-refractivity contribution is -0.126. The molecule has 0 radical (unpaired) electrons. The summed E-state index contributed by atoms with van der Waals surface area (Å²) in [5, 5.41) is 3.72. The van der Waals surface area contributed by atoms with Crippen molar-refractivity contribution in [2.45, 2.75) is 32.9 Å². The first-order valence-corrected chi connectivity index (χ1v) is 10.9. The Bertz CT molecular complexity index is 1100. The third kappa shape index (κ3) is 2.79. The van der Waals surface area contributed by atoms with Gasteiger partial charge in [0.2, 0.25) is 5.91 Å². The number of benzene rings is 2. The Kier molecular flexibility index (Phi) is 4.49. The number of imide groups is 1. The first-order valence-electron chi connectivity index (χ1n) is 9.97. The van der Waals surface area contributed by atoms with Crippen molar-refractivity contribution in [2.75, 3.05) is 9.96 Å². The van der Waals surface area contributed by atoms with E-state index in [4.69, 9.17) is 4.84 Å². The lowest BCUT2D eigenvalue weighted by Crippen LogP contribution is -2.38. The van der Waals surface area contributed by atoms with Crippen LogP contribution in [0.2, 0.25) is 0 Å². The van der Waals surface area contributed by atoms with E-state index in [0.29, 0.717) is 5.69 Å². The van der Waals surface area contributed by atoms with Gasteiger partial charge in [-0.05, 0) is 55.5 Å². The summed E-state index contributed by atoms with van der Waals surface area (Å²) in [6.45, 7) is 5.90. The van der Waals surface area contributed by atoms with E-state index in [1.165, 1.54) is 4.90 Å². The van der Waals surface area contributed by atoms with E-state index in [1.54, 1.807) is 16.4 Å². The fourth-order valence-electron chi connectivity index (χ4n) is 4.71. The standard InChI is InChI=1S/C24H22N2O3S/c1-14-12-15(2)20(16(3)13-14)25-23(27)19-21(18-10-7-11-30-18)26(29-22(19)24(25)28)17-8-5-4-6-9-17/h4-13,19,21-22H,1-3H3/t19-,21+,22-/m0/s1. The van der Waals surface area contributed by atoms with Crippen molar-refractivity contribution in [2.24, 2.45) is 5.92 Å². The molecule has 2 aliphatic heterocycles. The van der Waals surface area contributed by atoms with Gasteiger partial charge in [0.05, 0.1) is 11.4 Å². The van der Waals surface area contributed by atoms with Gasteiger partial charge in [0.25, 0.3) is 5.91 Å². The number of thiophene rings is 1. The number of hydroxylamine groups is 1. The van der Waals surface area contributed by atoms with E-state index in [9.17, 15) is 9.59 Å². The normalized spacial score (nSPS) is 23.4. The predicted octanol–water partition coefficient (Wildman–Crippen LogP) is 4.72. The molecule has 2 aromatic carbocycles. The molecule has 2 amide bonds. The highest BCUT2D eigenvalue weighted by Crippen LogP contribution is 2.49. The Morgan fingerprint density at radius 2 is 1.60 bits per heavy atom. The molecule has 0 unspecified atom stereocenters. The molecule has 2 saturated heterocycles. The fourth-order valence-corrected chi connectivity index (χ4v) is 5.56. The Morgan fingerprint density at radius 1 is 0.900 bits per heavy atom. The molecular weight excluding hydrogens is 396 g/mol. The van der Waals surface area contributed by atoms with Gasteiger partial charge in [-0.15, -0.1) is 11.3 Å². The van der Waals surface area contributed by atoms with E-state index >= 15 is 0 Å². The SMILES string of the molecule is Cc1cc(C)c(N2C(=O)[C@@H]3[C@H](ON(c4ccccc4)[C@@H]3c3cccs3)C2=O)c(C)c1. The molecule has 3 aromatic rings. The van der Waals surface area contributed by atoms with Crippen molar-refractivity contribution in [1.29, 1.82) is 0 Å². The topological polar surface area (TPSA) is 49.9 Å². The summed E-state index contributed by atoms with van der Waals surface area (Å²) in [4.78, 5) is 35.6. The summed E-state index contributed by atoms with van der Waals surface area (Å²) in [6, 6.07) is 17.3. The van der Waals surface area contributed by atoms with E-state index in [0.717, 1.165) is 27.3 Å². The Morgan fingerprint density at radius 3 is 2.23 bits per heavy atom. The second kappa shape index (κ2) is 7.07. The number of nitrogens with zero attached hydrogens (tertiary/aromatic N) is 2. The van der Waals surface area contributed by atoms with Crippen molar-refractivity contribution in [3.8, 4) is 0 Å². The molecule has 3 heterocycles. The predicted molar refractivity (Wildman–Crippen MR) is 117 cm³/mol. The summed E-state index contributed by atoms with van der Waals surface area (Å²) < 4.78 is 0. The lowest BCUT2D eigenvalue weighted by atomic mass is 9.95. The molecule has 0 spiro atoms. The van der Waals surface area contributed by atoms with Crippen molar-refractivity contribution < 1.29 is 14.4 Å². The van der Waals surface area contributed by atoms with Gasteiger partial charge in [-0.1, -0.05) is 42.0 Å². The molecule has 2 aliphatic rings. The second-order valence-electron chi connectivity index (χ2n) is 7.93. The maximum atomic E-state index is 13.7. The van der Waals surface area contributed by atoms with Crippen LogP contribution in [0.3, 0.4) is 0 Å². The van der Waals surface area contributed by atoms with Gasteiger partial charge < -0.3 is 0 Å². The second-order valence-corrected chi connectivity index (χ2v) is 8.91. The van der Waals surface area contributed by atoms with Crippen molar-refractivity contribution >= 4 is 34.5 Å². The molecule has 30 heavy (non-hydrogen) atoms. The van der Waals surface area contributed by atoms with Gasteiger partial charge in [0.15, 0.2) is 6.10 Å². The first-order chi connectivity index (χ1) is 14.5. The van der Waals surface area contributed by atoms with Crippen LogP contribution in [0.1, 0.15) is 27.6 Å². The number of carbonyl (C=O) groups excluding carboxylic acids is 2. The van der Waals surface area contributed by atoms with Crippen LogP contribution in [0.15, 0.2) is 60.0 Å².